The monoisotopic (exact) mass is 345 g/mol. The van der Waals surface area contributed by atoms with Crippen LogP contribution in [0.5, 0.6) is 0 Å². The van der Waals surface area contributed by atoms with Crippen LogP contribution in [0.25, 0.3) is 10.9 Å². The van der Waals surface area contributed by atoms with Gasteiger partial charge in [0.15, 0.2) is 5.96 Å². The van der Waals surface area contributed by atoms with Gasteiger partial charge in [-0.05, 0) is 37.9 Å². The van der Waals surface area contributed by atoms with E-state index in [1.54, 1.807) is 7.11 Å². The van der Waals surface area contributed by atoms with Gasteiger partial charge in [-0.15, -0.1) is 0 Å². The average Bonchev–Trinajstić information content (AvgIpc) is 3.03. The van der Waals surface area contributed by atoms with E-state index in [1.807, 2.05) is 6.07 Å². The zero-order valence-corrected chi connectivity index (χ0v) is 15.6. The average molecular weight is 345 g/mol. The molecule has 25 heavy (non-hydrogen) atoms. The smallest absolute Gasteiger partial charge is 0.191 e. The maximum Gasteiger partial charge on any atom is 0.191 e. The number of ether oxygens (including phenoxy) is 1. The summed E-state index contributed by atoms with van der Waals surface area (Å²) in [6.45, 7) is 7.25. The number of H-pyrrole nitrogens is 1. The van der Waals surface area contributed by atoms with Gasteiger partial charge >= 0.3 is 0 Å². The predicted octanol–water partition coefficient (Wildman–Crippen LogP) is 2.19. The van der Waals surface area contributed by atoms with Gasteiger partial charge < -0.3 is 25.3 Å². The van der Waals surface area contributed by atoms with Crippen LogP contribution in [0.15, 0.2) is 35.3 Å². The number of nitrogens with zero attached hydrogens (tertiary/aromatic N) is 2. The fourth-order valence-electron chi connectivity index (χ4n) is 2.68. The molecule has 1 aromatic heterocycles. The minimum absolute atomic E-state index is 0.633. The van der Waals surface area contributed by atoms with Crippen LogP contribution in [0.3, 0.4) is 0 Å². The quantitative estimate of drug-likeness (QED) is 0.351. The van der Waals surface area contributed by atoms with Crippen molar-refractivity contribution in [1.29, 1.82) is 0 Å². The highest BCUT2D eigenvalue weighted by Crippen LogP contribution is 2.14. The molecule has 0 atom stereocenters. The highest BCUT2D eigenvalue weighted by atomic mass is 16.5. The van der Waals surface area contributed by atoms with Crippen LogP contribution >= 0.6 is 0 Å². The molecule has 2 aromatic rings. The maximum atomic E-state index is 5.09. The molecule has 0 spiro atoms. The molecule has 0 saturated heterocycles. The fraction of sp³-hybridized carbons (Fsp3) is 0.526. The van der Waals surface area contributed by atoms with Crippen molar-refractivity contribution in [3.05, 3.63) is 36.0 Å². The number of likely N-dealkylation sites (N-methyl/N-ethyl adjacent to an activating group) is 1. The van der Waals surface area contributed by atoms with Crippen molar-refractivity contribution in [2.75, 3.05) is 46.9 Å². The Morgan fingerprint density at radius 2 is 2.08 bits per heavy atom. The van der Waals surface area contributed by atoms with Crippen molar-refractivity contribution < 1.29 is 4.74 Å². The Morgan fingerprint density at radius 3 is 2.84 bits per heavy atom. The molecule has 6 heteroatoms. The Hall–Kier alpha value is -2.05. The minimum Gasteiger partial charge on any atom is -0.385 e. The largest absolute Gasteiger partial charge is 0.385 e. The second kappa shape index (κ2) is 10.7. The summed E-state index contributed by atoms with van der Waals surface area (Å²) >= 11 is 0. The number of nitrogens with one attached hydrogen (secondary N) is 3. The van der Waals surface area contributed by atoms with Crippen molar-refractivity contribution in [2.24, 2.45) is 4.99 Å². The number of aromatic nitrogens is 1. The van der Waals surface area contributed by atoms with Crippen molar-refractivity contribution in [3.8, 4) is 0 Å². The third-order valence-corrected chi connectivity index (χ3v) is 4.01. The highest BCUT2D eigenvalue weighted by Gasteiger charge is 2.02. The molecule has 0 aliphatic heterocycles. The van der Waals surface area contributed by atoms with E-state index in [-0.39, 0.29) is 0 Å². The summed E-state index contributed by atoms with van der Waals surface area (Å²) in [6, 6.07) is 10.5. The van der Waals surface area contributed by atoms with Crippen molar-refractivity contribution in [1.82, 2.24) is 20.5 Å². The van der Waals surface area contributed by atoms with Gasteiger partial charge in [0.1, 0.15) is 0 Å². The molecule has 0 unspecified atom stereocenters. The first-order chi connectivity index (χ1) is 12.2. The number of aliphatic imine (C=N–C) groups is 1. The molecule has 1 aromatic carbocycles. The summed E-state index contributed by atoms with van der Waals surface area (Å²) in [5.41, 5.74) is 2.28. The Balaban J connectivity index is 1.81. The second-order valence-electron chi connectivity index (χ2n) is 6.15. The Morgan fingerprint density at radius 1 is 1.24 bits per heavy atom. The third kappa shape index (κ3) is 6.76. The fourth-order valence-corrected chi connectivity index (χ4v) is 2.68. The summed E-state index contributed by atoms with van der Waals surface area (Å²) in [4.78, 5) is 10.4. The lowest BCUT2D eigenvalue weighted by molar-refractivity contribution is 0.180. The molecule has 6 nitrogen and oxygen atoms in total. The topological polar surface area (TPSA) is 64.7 Å². The molecule has 138 valence electrons. The number of fused-ring (bicyclic) bond motifs is 1. The van der Waals surface area contributed by atoms with Crippen LogP contribution in [0.4, 0.5) is 0 Å². The van der Waals surface area contributed by atoms with Crippen LogP contribution in [0.1, 0.15) is 19.0 Å². The van der Waals surface area contributed by atoms with E-state index in [1.165, 1.54) is 5.39 Å². The molecule has 0 radical (unpaired) electrons. The van der Waals surface area contributed by atoms with Crippen LogP contribution < -0.4 is 10.6 Å². The zero-order chi connectivity index (χ0) is 17.9. The molecule has 3 N–H and O–H groups in total. The van der Waals surface area contributed by atoms with E-state index >= 15 is 0 Å². The highest BCUT2D eigenvalue weighted by molar-refractivity contribution is 5.81. The van der Waals surface area contributed by atoms with Gasteiger partial charge in [0.05, 0.1) is 6.54 Å². The molecule has 0 aliphatic carbocycles. The van der Waals surface area contributed by atoms with E-state index in [2.05, 4.69) is 63.7 Å². The van der Waals surface area contributed by atoms with Gasteiger partial charge in [0, 0.05) is 51.1 Å². The standard InChI is InChI=1S/C19H31N5O/c1-4-20-19(21-10-12-24(2)11-7-13-25-3)22-15-17-14-16-8-5-6-9-18(16)23-17/h5-6,8-9,14,23H,4,7,10-13,15H2,1-3H3,(H2,20,21,22). The van der Waals surface area contributed by atoms with Crippen molar-refractivity contribution >= 4 is 16.9 Å². The van der Waals surface area contributed by atoms with Gasteiger partial charge in [-0.2, -0.15) is 0 Å². The molecule has 0 amide bonds. The second-order valence-corrected chi connectivity index (χ2v) is 6.15. The molecule has 0 saturated carbocycles. The summed E-state index contributed by atoms with van der Waals surface area (Å²) in [6.07, 6.45) is 1.06. The lowest BCUT2D eigenvalue weighted by Gasteiger charge is -2.18. The number of hydrogen-bond donors (Lipinski definition) is 3. The van der Waals surface area contributed by atoms with E-state index < -0.39 is 0 Å². The van der Waals surface area contributed by atoms with Gasteiger partial charge in [0.25, 0.3) is 0 Å². The van der Waals surface area contributed by atoms with Crippen LogP contribution in [0.2, 0.25) is 0 Å². The molecule has 0 fully saturated rings. The van der Waals surface area contributed by atoms with Gasteiger partial charge in [-0.25, -0.2) is 4.99 Å². The number of para-hydroxylation sites is 1. The van der Waals surface area contributed by atoms with E-state index in [4.69, 9.17) is 4.74 Å². The summed E-state index contributed by atoms with van der Waals surface area (Å²) in [5, 5.41) is 7.92. The first-order valence-electron chi connectivity index (χ1n) is 8.99. The van der Waals surface area contributed by atoms with E-state index in [0.717, 1.165) is 56.4 Å². The predicted molar refractivity (Wildman–Crippen MR) is 105 cm³/mol. The Kier molecular flexibility index (Phi) is 8.28. The summed E-state index contributed by atoms with van der Waals surface area (Å²) in [5.74, 6) is 0.853. The summed E-state index contributed by atoms with van der Waals surface area (Å²) in [7, 11) is 3.87. The van der Waals surface area contributed by atoms with Crippen LogP contribution in [-0.4, -0.2) is 62.8 Å². The van der Waals surface area contributed by atoms with E-state index in [0.29, 0.717) is 6.54 Å². The molecule has 2 rings (SSSR count). The number of rotatable bonds is 10. The Bertz CT molecular complexity index is 619. The number of methoxy groups -OCH3 is 1. The minimum atomic E-state index is 0.633. The molecule has 0 bridgehead atoms. The lowest BCUT2D eigenvalue weighted by Crippen LogP contribution is -2.41. The SMILES string of the molecule is CCNC(=NCc1cc2ccccc2[nH]1)NCCN(C)CCCOC. The Labute approximate surface area is 150 Å². The number of aromatic amines is 1. The van der Waals surface area contributed by atoms with Gasteiger partial charge in [-0.3, -0.25) is 0 Å². The molecular formula is C19H31N5O. The van der Waals surface area contributed by atoms with Crippen LogP contribution in [-0.2, 0) is 11.3 Å². The lowest BCUT2D eigenvalue weighted by atomic mass is 10.2. The third-order valence-electron chi connectivity index (χ3n) is 4.01. The molecule has 0 aliphatic rings. The van der Waals surface area contributed by atoms with Crippen molar-refractivity contribution in [3.63, 3.8) is 0 Å². The number of hydrogen-bond acceptors (Lipinski definition) is 3. The molecule has 1 heterocycles. The maximum absolute atomic E-state index is 5.09. The normalized spacial score (nSPS) is 12.1. The number of guanidine groups is 1. The van der Waals surface area contributed by atoms with E-state index in [9.17, 15) is 0 Å². The number of benzene rings is 1. The first-order valence-corrected chi connectivity index (χ1v) is 8.99. The van der Waals surface area contributed by atoms with Crippen molar-refractivity contribution in [2.45, 2.75) is 19.9 Å². The molecular weight excluding hydrogens is 314 g/mol. The van der Waals surface area contributed by atoms with Gasteiger partial charge in [-0.1, -0.05) is 18.2 Å². The van der Waals surface area contributed by atoms with Crippen LogP contribution in [0, 0.1) is 0 Å². The first kappa shape index (κ1) is 19.3. The van der Waals surface area contributed by atoms with Gasteiger partial charge in [0.2, 0.25) is 0 Å². The zero-order valence-electron chi connectivity index (χ0n) is 15.6. The summed E-state index contributed by atoms with van der Waals surface area (Å²) < 4.78 is 5.09.